The SMILES string of the molecule is CCn1nc2n(c1=O)CCC(C(=O)N1CCN(CCOc3ccc(Cl)cc3)CC1)CC2. The van der Waals surface area contributed by atoms with Crippen molar-refractivity contribution in [1.29, 1.82) is 0 Å². The van der Waals surface area contributed by atoms with Gasteiger partial charge in [-0.25, -0.2) is 9.48 Å². The van der Waals surface area contributed by atoms with E-state index in [1.165, 1.54) is 4.68 Å². The molecule has 0 aliphatic carbocycles. The number of hydrogen-bond donors (Lipinski definition) is 0. The number of rotatable bonds is 6. The summed E-state index contributed by atoms with van der Waals surface area (Å²) in [6.45, 7) is 7.70. The van der Waals surface area contributed by atoms with Crippen molar-refractivity contribution in [3.63, 3.8) is 0 Å². The number of nitrogens with zero attached hydrogens (tertiary/aromatic N) is 5. The molecule has 3 heterocycles. The summed E-state index contributed by atoms with van der Waals surface area (Å²) in [5, 5.41) is 5.12. The lowest BCUT2D eigenvalue weighted by molar-refractivity contribution is -0.137. The molecule has 0 saturated carbocycles. The highest BCUT2D eigenvalue weighted by Crippen LogP contribution is 2.21. The molecule has 4 rings (SSSR count). The van der Waals surface area contributed by atoms with Gasteiger partial charge in [-0.3, -0.25) is 14.3 Å². The summed E-state index contributed by atoms with van der Waals surface area (Å²) in [4.78, 5) is 29.7. The number of amides is 1. The molecule has 1 unspecified atom stereocenters. The highest BCUT2D eigenvalue weighted by molar-refractivity contribution is 6.30. The number of carbonyl (C=O) groups is 1. The summed E-state index contributed by atoms with van der Waals surface area (Å²) in [5.41, 5.74) is -0.0555. The first kappa shape index (κ1) is 21.9. The van der Waals surface area contributed by atoms with E-state index in [1.54, 1.807) is 4.57 Å². The van der Waals surface area contributed by atoms with Crippen LogP contribution in [-0.2, 0) is 24.3 Å². The van der Waals surface area contributed by atoms with Crippen molar-refractivity contribution in [3.05, 3.63) is 45.6 Å². The summed E-state index contributed by atoms with van der Waals surface area (Å²) in [6.07, 6.45) is 2.14. The molecule has 9 heteroatoms. The maximum absolute atomic E-state index is 13.1. The van der Waals surface area contributed by atoms with Gasteiger partial charge in [-0.05, 0) is 44.0 Å². The number of hydrogen-bond acceptors (Lipinski definition) is 5. The lowest BCUT2D eigenvalue weighted by Crippen LogP contribution is -2.51. The number of aromatic nitrogens is 3. The Morgan fingerprint density at radius 2 is 1.87 bits per heavy atom. The number of fused-ring (bicyclic) bond motifs is 1. The zero-order valence-corrected chi connectivity index (χ0v) is 18.8. The minimum absolute atomic E-state index is 0.0315. The van der Waals surface area contributed by atoms with Crippen LogP contribution in [0.15, 0.2) is 29.1 Å². The zero-order valence-electron chi connectivity index (χ0n) is 18.0. The van der Waals surface area contributed by atoms with Crippen molar-refractivity contribution in [3.8, 4) is 5.75 Å². The second-order valence-electron chi connectivity index (χ2n) is 8.16. The molecular weight excluding hydrogens is 418 g/mol. The predicted molar refractivity (Wildman–Crippen MR) is 119 cm³/mol. The van der Waals surface area contributed by atoms with Crippen LogP contribution in [0.2, 0.25) is 5.02 Å². The molecule has 1 aromatic carbocycles. The zero-order chi connectivity index (χ0) is 21.8. The Hall–Kier alpha value is -2.32. The van der Waals surface area contributed by atoms with Crippen molar-refractivity contribution < 1.29 is 9.53 Å². The summed E-state index contributed by atoms with van der Waals surface area (Å²) in [6, 6.07) is 7.38. The first-order valence-corrected chi connectivity index (χ1v) is 11.5. The number of carbonyl (C=O) groups excluding carboxylic acids is 1. The Morgan fingerprint density at radius 3 is 2.58 bits per heavy atom. The third-order valence-electron chi connectivity index (χ3n) is 6.24. The minimum Gasteiger partial charge on any atom is -0.492 e. The largest absolute Gasteiger partial charge is 0.492 e. The Balaban J connectivity index is 1.22. The highest BCUT2D eigenvalue weighted by Gasteiger charge is 2.30. The summed E-state index contributed by atoms with van der Waals surface area (Å²) in [7, 11) is 0. The van der Waals surface area contributed by atoms with Gasteiger partial charge in [0.05, 0.1) is 0 Å². The normalized spacial score (nSPS) is 19.7. The number of halogens is 1. The third-order valence-corrected chi connectivity index (χ3v) is 6.49. The molecule has 1 amide bonds. The van der Waals surface area contributed by atoms with Gasteiger partial charge in [-0.1, -0.05) is 11.6 Å². The highest BCUT2D eigenvalue weighted by atomic mass is 35.5. The van der Waals surface area contributed by atoms with E-state index in [4.69, 9.17) is 16.3 Å². The fraction of sp³-hybridized carbons (Fsp3) is 0.591. The minimum atomic E-state index is -0.0555. The van der Waals surface area contributed by atoms with Gasteiger partial charge in [0.1, 0.15) is 18.2 Å². The average Bonchev–Trinajstić information content (AvgIpc) is 2.95. The van der Waals surface area contributed by atoms with Crippen LogP contribution in [0.1, 0.15) is 25.6 Å². The predicted octanol–water partition coefficient (Wildman–Crippen LogP) is 1.89. The quantitative estimate of drug-likeness (QED) is 0.676. The van der Waals surface area contributed by atoms with Crippen LogP contribution >= 0.6 is 11.6 Å². The van der Waals surface area contributed by atoms with E-state index in [-0.39, 0.29) is 17.5 Å². The van der Waals surface area contributed by atoms with Crippen molar-refractivity contribution >= 4 is 17.5 Å². The van der Waals surface area contributed by atoms with Crippen LogP contribution in [-0.4, -0.2) is 69.4 Å². The van der Waals surface area contributed by atoms with Gasteiger partial charge in [0.2, 0.25) is 5.91 Å². The van der Waals surface area contributed by atoms with E-state index in [0.29, 0.717) is 37.6 Å². The topological polar surface area (TPSA) is 72.6 Å². The molecule has 1 fully saturated rings. The van der Waals surface area contributed by atoms with Crippen LogP contribution in [0.5, 0.6) is 5.75 Å². The van der Waals surface area contributed by atoms with Gasteiger partial charge >= 0.3 is 5.69 Å². The van der Waals surface area contributed by atoms with Crippen molar-refractivity contribution in [2.24, 2.45) is 5.92 Å². The molecule has 1 saturated heterocycles. The molecule has 31 heavy (non-hydrogen) atoms. The molecule has 8 nitrogen and oxygen atoms in total. The fourth-order valence-electron chi connectivity index (χ4n) is 4.35. The number of piperazine rings is 1. The first-order valence-electron chi connectivity index (χ1n) is 11.1. The third kappa shape index (κ3) is 5.13. The lowest BCUT2D eigenvalue weighted by atomic mass is 9.98. The van der Waals surface area contributed by atoms with E-state index in [0.717, 1.165) is 50.7 Å². The van der Waals surface area contributed by atoms with Crippen LogP contribution < -0.4 is 10.4 Å². The standard InChI is InChI=1S/C22H30ClN5O3/c1-2-28-22(30)27-10-9-17(3-8-20(27)24-28)21(29)26-13-11-25(12-14-26)15-16-31-19-6-4-18(23)5-7-19/h4-7,17H,2-3,8-16H2,1H3. The van der Waals surface area contributed by atoms with Gasteiger partial charge < -0.3 is 9.64 Å². The second kappa shape index (κ2) is 9.87. The van der Waals surface area contributed by atoms with Crippen molar-refractivity contribution in [2.75, 3.05) is 39.3 Å². The van der Waals surface area contributed by atoms with Crippen molar-refractivity contribution in [2.45, 2.75) is 39.3 Å². The fourth-order valence-corrected chi connectivity index (χ4v) is 4.48. The molecule has 2 aliphatic rings. The maximum atomic E-state index is 13.1. The number of benzene rings is 1. The molecular formula is C22H30ClN5O3. The molecule has 0 spiro atoms. The second-order valence-corrected chi connectivity index (χ2v) is 8.60. The van der Waals surface area contributed by atoms with Gasteiger partial charge in [-0.2, -0.15) is 5.10 Å². The Kier molecular flexibility index (Phi) is 6.97. The summed E-state index contributed by atoms with van der Waals surface area (Å²) < 4.78 is 9.03. The van der Waals surface area contributed by atoms with Gasteiger partial charge in [0, 0.05) is 63.2 Å². The summed E-state index contributed by atoms with van der Waals surface area (Å²) in [5.74, 6) is 1.82. The van der Waals surface area contributed by atoms with Crippen LogP contribution in [0.3, 0.4) is 0 Å². The lowest BCUT2D eigenvalue weighted by Gasteiger charge is -2.36. The molecule has 0 bridgehead atoms. The number of aryl methyl sites for hydroxylation is 2. The molecule has 1 aromatic heterocycles. The Morgan fingerprint density at radius 1 is 1.13 bits per heavy atom. The van der Waals surface area contributed by atoms with E-state index in [9.17, 15) is 9.59 Å². The van der Waals surface area contributed by atoms with E-state index >= 15 is 0 Å². The smallest absolute Gasteiger partial charge is 0.345 e. The molecule has 2 aromatic rings. The average molecular weight is 448 g/mol. The van der Waals surface area contributed by atoms with E-state index in [2.05, 4.69) is 10.00 Å². The molecule has 0 radical (unpaired) electrons. The Bertz CT molecular complexity index is 947. The van der Waals surface area contributed by atoms with Gasteiger partial charge in [0.15, 0.2) is 0 Å². The first-order chi connectivity index (χ1) is 15.0. The Labute approximate surface area is 187 Å². The molecule has 2 aliphatic heterocycles. The molecule has 1 atom stereocenters. The van der Waals surface area contributed by atoms with Crippen LogP contribution in [0.4, 0.5) is 0 Å². The molecule has 168 valence electrons. The van der Waals surface area contributed by atoms with Gasteiger partial charge in [-0.15, -0.1) is 0 Å². The van der Waals surface area contributed by atoms with Gasteiger partial charge in [0.25, 0.3) is 0 Å². The maximum Gasteiger partial charge on any atom is 0.345 e. The monoisotopic (exact) mass is 447 g/mol. The molecule has 0 N–H and O–H groups in total. The van der Waals surface area contributed by atoms with Crippen LogP contribution in [0.25, 0.3) is 0 Å². The van der Waals surface area contributed by atoms with E-state index < -0.39 is 0 Å². The van der Waals surface area contributed by atoms with Crippen LogP contribution in [0, 0.1) is 5.92 Å². The number of ether oxygens (including phenoxy) is 1. The summed E-state index contributed by atoms with van der Waals surface area (Å²) >= 11 is 5.89. The van der Waals surface area contributed by atoms with E-state index in [1.807, 2.05) is 36.1 Å². The van der Waals surface area contributed by atoms with Crippen molar-refractivity contribution in [1.82, 2.24) is 24.1 Å².